The summed E-state index contributed by atoms with van der Waals surface area (Å²) in [7, 11) is 0. The maximum atomic E-state index is 5.74. The summed E-state index contributed by atoms with van der Waals surface area (Å²) < 4.78 is 0. The second kappa shape index (κ2) is 9.02. The van der Waals surface area contributed by atoms with Gasteiger partial charge in [-0.05, 0) is 68.9 Å². The van der Waals surface area contributed by atoms with E-state index in [-0.39, 0.29) is 0 Å². The van der Waals surface area contributed by atoms with E-state index in [9.17, 15) is 0 Å². The molecule has 0 heterocycles. The van der Waals surface area contributed by atoms with Crippen LogP contribution in [0.3, 0.4) is 0 Å². The van der Waals surface area contributed by atoms with Crippen LogP contribution in [-0.4, -0.2) is 0 Å². The molecule has 21 heavy (non-hydrogen) atoms. The lowest BCUT2D eigenvalue weighted by Crippen LogP contribution is -2.01. The number of allylic oxidation sites excluding steroid dienone is 7. The van der Waals surface area contributed by atoms with Crippen LogP contribution < -0.4 is 5.73 Å². The molecule has 1 aromatic rings. The molecular weight excluding hydrogens is 254 g/mol. The molecule has 2 N–H and O–H groups in total. The highest BCUT2D eigenvalue weighted by Crippen LogP contribution is 2.36. The van der Waals surface area contributed by atoms with Gasteiger partial charge in [0.2, 0.25) is 0 Å². The molecule has 0 saturated heterocycles. The highest BCUT2D eigenvalue weighted by atomic mass is 14.5. The molecule has 2 rings (SSSR count). The third kappa shape index (κ3) is 5.11. The van der Waals surface area contributed by atoms with Crippen LogP contribution in [0.25, 0.3) is 5.57 Å². The van der Waals surface area contributed by atoms with Crippen molar-refractivity contribution in [2.45, 2.75) is 40.0 Å². The van der Waals surface area contributed by atoms with Crippen LogP contribution in [0.4, 0.5) is 5.69 Å². The predicted molar refractivity (Wildman–Crippen MR) is 96.1 cm³/mol. The van der Waals surface area contributed by atoms with Crippen LogP contribution in [0, 0.1) is 0 Å². The van der Waals surface area contributed by atoms with E-state index in [1.165, 1.54) is 35.1 Å². The Labute approximate surface area is 129 Å². The second-order valence-electron chi connectivity index (χ2n) is 5.23. The van der Waals surface area contributed by atoms with Crippen molar-refractivity contribution >= 4 is 11.3 Å². The Kier molecular flexibility index (Phi) is 7.31. The Morgan fingerprint density at radius 3 is 2.19 bits per heavy atom. The molecule has 0 radical (unpaired) electrons. The topological polar surface area (TPSA) is 26.0 Å². The molecule has 1 aliphatic rings. The van der Waals surface area contributed by atoms with Gasteiger partial charge in [-0.3, -0.25) is 0 Å². The Bertz CT molecular complexity index is 538. The summed E-state index contributed by atoms with van der Waals surface area (Å²) in [6.07, 6.45) is 11.6. The summed E-state index contributed by atoms with van der Waals surface area (Å²) in [5, 5.41) is 0. The second-order valence-corrected chi connectivity index (χ2v) is 5.23. The zero-order valence-corrected chi connectivity index (χ0v) is 13.5. The molecule has 1 aromatic carbocycles. The lowest BCUT2D eigenvalue weighted by atomic mass is 9.84. The van der Waals surface area contributed by atoms with Crippen molar-refractivity contribution in [3.8, 4) is 0 Å². The van der Waals surface area contributed by atoms with E-state index < -0.39 is 0 Å². The first-order valence-corrected chi connectivity index (χ1v) is 7.59. The summed E-state index contributed by atoms with van der Waals surface area (Å²) in [6, 6.07) is 8.15. The van der Waals surface area contributed by atoms with Gasteiger partial charge >= 0.3 is 0 Å². The number of rotatable bonds is 2. The molecule has 0 amide bonds. The maximum Gasteiger partial charge on any atom is 0.0314 e. The normalized spacial score (nSPS) is 16.8. The predicted octanol–water partition coefficient (Wildman–Crippen LogP) is 5.92. The van der Waals surface area contributed by atoms with Crippen LogP contribution in [-0.2, 0) is 0 Å². The minimum absolute atomic E-state index is 0.817. The molecular formula is C20H27N. The van der Waals surface area contributed by atoms with Crippen LogP contribution in [0.5, 0.6) is 0 Å². The van der Waals surface area contributed by atoms with Crippen LogP contribution in [0.15, 0.2) is 66.3 Å². The van der Waals surface area contributed by atoms with E-state index >= 15 is 0 Å². The molecule has 0 aliphatic heterocycles. The highest BCUT2D eigenvalue weighted by Gasteiger charge is 2.15. The largest absolute Gasteiger partial charge is 0.399 e. The van der Waals surface area contributed by atoms with E-state index in [1.807, 2.05) is 44.2 Å². The molecule has 0 atom stereocenters. The minimum atomic E-state index is 0.817. The van der Waals surface area contributed by atoms with Gasteiger partial charge < -0.3 is 5.73 Å². The van der Waals surface area contributed by atoms with Gasteiger partial charge in [-0.1, -0.05) is 48.6 Å². The Hall–Kier alpha value is -2.02. The van der Waals surface area contributed by atoms with Crippen LogP contribution in [0.2, 0.25) is 0 Å². The van der Waals surface area contributed by atoms with E-state index in [0.29, 0.717) is 0 Å². The third-order valence-electron chi connectivity index (χ3n) is 3.60. The molecule has 0 bridgehead atoms. The lowest BCUT2D eigenvalue weighted by molar-refractivity contribution is 0.792. The van der Waals surface area contributed by atoms with Gasteiger partial charge in [0, 0.05) is 5.69 Å². The van der Waals surface area contributed by atoms with Crippen LogP contribution >= 0.6 is 0 Å². The third-order valence-corrected chi connectivity index (χ3v) is 3.60. The van der Waals surface area contributed by atoms with Crippen molar-refractivity contribution in [3.05, 3.63) is 71.9 Å². The van der Waals surface area contributed by atoms with E-state index in [4.69, 9.17) is 5.73 Å². The van der Waals surface area contributed by atoms with Crippen molar-refractivity contribution in [2.24, 2.45) is 0 Å². The maximum absolute atomic E-state index is 5.74. The van der Waals surface area contributed by atoms with Crippen molar-refractivity contribution in [1.29, 1.82) is 0 Å². The van der Waals surface area contributed by atoms with Crippen molar-refractivity contribution in [1.82, 2.24) is 0 Å². The molecule has 1 heteroatoms. The van der Waals surface area contributed by atoms with Crippen molar-refractivity contribution in [2.75, 3.05) is 5.73 Å². The summed E-state index contributed by atoms with van der Waals surface area (Å²) >= 11 is 0. The number of nitrogen functional groups attached to an aromatic ring is 1. The quantitative estimate of drug-likeness (QED) is 0.528. The fraction of sp³-hybridized carbons (Fsp3) is 0.300. The van der Waals surface area contributed by atoms with Crippen LogP contribution in [0.1, 0.15) is 45.6 Å². The van der Waals surface area contributed by atoms with Gasteiger partial charge in [-0.2, -0.15) is 0 Å². The van der Waals surface area contributed by atoms with Gasteiger partial charge in [0.05, 0.1) is 0 Å². The summed E-state index contributed by atoms with van der Waals surface area (Å²) in [5.74, 6) is 0. The van der Waals surface area contributed by atoms with Gasteiger partial charge in [-0.25, -0.2) is 0 Å². The zero-order chi connectivity index (χ0) is 15.7. The minimum Gasteiger partial charge on any atom is -0.399 e. The number of anilines is 1. The molecule has 0 fully saturated rings. The highest BCUT2D eigenvalue weighted by molar-refractivity contribution is 5.82. The molecule has 0 saturated carbocycles. The Balaban J connectivity index is 0.000000491. The SMILES string of the molecule is C/C=C/C.C=C/C=C1\CCCC(C)=C1c1ccc(N)cc1. The summed E-state index contributed by atoms with van der Waals surface area (Å²) in [6.45, 7) is 10.0. The van der Waals surface area contributed by atoms with Gasteiger partial charge in [-0.15, -0.1) is 0 Å². The number of benzene rings is 1. The van der Waals surface area contributed by atoms with E-state index in [0.717, 1.165) is 12.1 Å². The molecule has 112 valence electrons. The fourth-order valence-corrected chi connectivity index (χ4v) is 2.46. The fourth-order valence-electron chi connectivity index (χ4n) is 2.46. The monoisotopic (exact) mass is 281 g/mol. The van der Waals surface area contributed by atoms with E-state index in [1.54, 1.807) is 0 Å². The number of hydrogen-bond acceptors (Lipinski definition) is 1. The average Bonchev–Trinajstić information content (AvgIpc) is 2.49. The summed E-state index contributed by atoms with van der Waals surface area (Å²) in [4.78, 5) is 0. The number of nitrogens with two attached hydrogens (primary N) is 1. The molecule has 0 spiro atoms. The first kappa shape index (κ1) is 17.0. The Morgan fingerprint density at radius 2 is 1.67 bits per heavy atom. The summed E-state index contributed by atoms with van der Waals surface area (Å²) in [5.41, 5.74) is 12.1. The standard InChI is InChI=1S/C16H19N.C4H8/c1-3-5-13-7-4-6-12(2)16(13)14-8-10-15(17)11-9-14;1-3-4-2/h3,5,8-11H,1,4,6-7,17H2,2H3;3-4H,1-2H3/b13-5+;4-3+. The van der Waals surface area contributed by atoms with Gasteiger partial charge in [0.1, 0.15) is 0 Å². The van der Waals surface area contributed by atoms with Crippen molar-refractivity contribution in [3.63, 3.8) is 0 Å². The Morgan fingerprint density at radius 1 is 1.05 bits per heavy atom. The van der Waals surface area contributed by atoms with Gasteiger partial charge in [0.15, 0.2) is 0 Å². The van der Waals surface area contributed by atoms with E-state index in [2.05, 4.69) is 31.7 Å². The molecule has 1 nitrogen and oxygen atoms in total. The molecule has 1 aliphatic carbocycles. The first-order valence-electron chi connectivity index (χ1n) is 7.59. The molecule has 0 unspecified atom stereocenters. The molecule has 0 aromatic heterocycles. The lowest BCUT2D eigenvalue weighted by Gasteiger charge is -2.21. The zero-order valence-electron chi connectivity index (χ0n) is 13.5. The van der Waals surface area contributed by atoms with Gasteiger partial charge in [0.25, 0.3) is 0 Å². The average molecular weight is 281 g/mol. The smallest absolute Gasteiger partial charge is 0.0314 e. The first-order chi connectivity index (χ1) is 10.1. The number of hydrogen-bond donors (Lipinski definition) is 1. The van der Waals surface area contributed by atoms with Crippen molar-refractivity contribution < 1.29 is 0 Å².